The fourth-order valence-electron chi connectivity index (χ4n) is 1.22. The molecular formula is C11H13F3O3. The van der Waals surface area contributed by atoms with Gasteiger partial charge in [0.05, 0.1) is 13.7 Å². The number of alkyl halides is 3. The number of phenolic OH excluding ortho intramolecular Hbond substituents is 1. The fourth-order valence-corrected chi connectivity index (χ4v) is 1.22. The van der Waals surface area contributed by atoms with Gasteiger partial charge in [-0.1, -0.05) is 0 Å². The number of ether oxygens (including phenoxy) is 2. The lowest BCUT2D eigenvalue weighted by Crippen LogP contribution is -2.09. The summed E-state index contributed by atoms with van der Waals surface area (Å²) in [7, 11) is 1.42. The van der Waals surface area contributed by atoms with Gasteiger partial charge >= 0.3 is 6.18 Å². The Morgan fingerprint density at radius 1 is 1.18 bits per heavy atom. The maximum atomic E-state index is 11.8. The molecule has 1 aromatic rings. The molecule has 17 heavy (non-hydrogen) atoms. The van der Waals surface area contributed by atoms with Gasteiger partial charge in [0.2, 0.25) is 0 Å². The van der Waals surface area contributed by atoms with Crippen LogP contribution in [0.4, 0.5) is 13.2 Å². The number of hydrogen-bond donors (Lipinski definition) is 1. The molecule has 0 aliphatic rings. The van der Waals surface area contributed by atoms with Gasteiger partial charge < -0.3 is 14.6 Å². The monoisotopic (exact) mass is 250 g/mol. The highest BCUT2D eigenvalue weighted by Crippen LogP contribution is 2.27. The average Bonchev–Trinajstić information content (AvgIpc) is 2.22. The van der Waals surface area contributed by atoms with Crippen molar-refractivity contribution in [3.05, 3.63) is 18.2 Å². The quantitative estimate of drug-likeness (QED) is 0.816. The number of aromatic hydroxyl groups is 1. The molecule has 0 spiro atoms. The molecule has 0 amide bonds. The highest BCUT2D eigenvalue weighted by atomic mass is 19.4. The van der Waals surface area contributed by atoms with Crippen molar-refractivity contribution < 1.29 is 27.8 Å². The predicted octanol–water partition coefficient (Wildman–Crippen LogP) is 3.12. The summed E-state index contributed by atoms with van der Waals surface area (Å²) in [5.41, 5.74) is 0. The lowest BCUT2D eigenvalue weighted by atomic mass is 10.3. The van der Waals surface area contributed by atoms with E-state index in [0.29, 0.717) is 5.75 Å². The van der Waals surface area contributed by atoms with Crippen LogP contribution in [0.3, 0.4) is 0 Å². The molecule has 0 radical (unpaired) electrons. The van der Waals surface area contributed by atoms with Crippen LogP contribution in [0.5, 0.6) is 17.2 Å². The van der Waals surface area contributed by atoms with Crippen LogP contribution in [0.25, 0.3) is 0 Å². The summed E-state index contributed by atoms with van der Waals surface area (Å²) >= 11 is 0. The number of halogens is 3. The standard InChI is InChI=1S/C11H13F3O3/c1-16-9-5-8(15)6-10(7-9)17-4-2-3-11(12,13)14/h5-7,15H,2-4H2,1H3. The van der Waals surface area contributed by atoms with Gasteiger partial charge in [0, 0.05) is 24.6 Å². The van der Waals surface area contributed by atoms with E-state index >= 15 is 0 Å². The van der Waals surface area contributed by atoms with Crippen molar-refractivity contribution >= 4 is 0 Å². The molecule has 0 heterocycles. The Morgan fingerprint density at radius 2 is 1.82 bits per heavy atom. The number of rotatable bonds is 5. The Balaban J connectivity index is 2.44. The van der Waals surface area contributed by atoms with Gasteiger partial charge in [-0.15, -0.1) is 0 Å². The molecule has 1 N–H and O–H groups in total. The summed E-state index contributed by atoms with van der Waals surface area (Å²) in [5, 5.41) is 9.27. The molecule has 1 aromatic carbocycles. The maximum absolute atomic E-state index is 11.8. The summed E-state index contributed by atoms with van der Waals surface area (Å²) in [5.74, 6) is 0.606. The molecule has 0 aromatic heterocycles. The lowest BCUT2D eigenvalue weighted by Gasteiger charge is -2.09. The van der Waals surface area contributed by atoms with Crippen molar-refractivity contribution in [1.82, 2.24) is 0 Å². The van der Waals surface area contributed by atoms with Crippen LogP contribution in [0, 0.1) is 0 Å². The SMILES string of the molecule is COc1cc(O)cc(OCCCC(F)(F)F)c1. The van der Waals surface area contributed by atoms with Crippen LogP contribution in [-0.4, -0.2) is 25.0 Å². The van der Waals surface area contributed by atoms with Gasteiger partial charge in [0.15, 0.2) is 0 Å². The van der Waals surface area contributed by atoms with Crippen LogP contribution >= 0.6 is 0 Å². The number of phenols is 1. The summed E-state index contributed by atoms with van der Waals surface area (Å²) in [6.07, 6.45) is -5.18. The van der Waals surface area contributed by atoms with E-state index in [1.807, 2.05) is 0 Å². The van der Waals surface area contributed by atoms with Crippen molar-refractivity contribution in [2.45, 2.75) is 19.0 Å². The second-order valence-corrected chi connectivity index (χ2v) is 3.43. The second kappa shape index (κ2) is 5.65. The minimum atomic E-state index is -4.17. The summed E-state index contributed by atoms with van der Waals surface area (Å²) in [4.78, 5) is 0. The molecule has 96 valence electrons. The lowest BCUT2D eigenvalue weighted by molar-refractivity contribution is -0.136. The summed E-state index contributed by atoms with van der Waals surface area (Å²) < 4.78 is 45.5. The minimum Gasteiger partial charge on any atom is -0.508 e. The first-order valence-corrected chi connectivity index (χ1v) is 4.98. The summed E-state index contributed by atoms with van der Waals surface area (Å²) in [6, 6.07) is 4.19. The van der Waals surface area contributed by atoms with Gasteiger partial charge in [-0.2, -0.15) is 13.2 Å². The van der Waals surface area contributed by atoms with E-state index in [0.717, 1.165) is 0 Å². The Kier molecular flexibility index (Phi) is 4.48. The molecule has 0 aliphatic heterocycles. The molecule has 0 fully saturated rings. The maximum Gasteiger partial charge on any atom is 0.389 e. The van der Waals surface area contributed by atoms with Crippen molar-refractivity contribution in [3.8, 4) is 17.2 Å². The van der Waals surface area contributed by atoms with Gasteiger partial charge in [0.1, 0.15) is 17.2 Å². The first-order valence-electron chi connectivity index (χ1n) is 4.98. The van der Waals surface area contributed by atoms with Crippen molar-refractivity contribution in [2.24, 2.45) is 0 Å². The molecule has 0 saturated carbocycles. The first-order chi connectivity index (χ1) is 7.90. The van der Waals surface area contributed by atoms with Crippen molar-refractivity contribution in [2.75, 3.05) is 13.7 Å². The van der Waals surface area contributed by atoms with E-state index in [2.05, 4.69) is 0 Å². The van der Waals surface area contributed by atoms with E-state index in [1.54, 1.807) is 0 Å². The molecular weight excluding hydrogens is 237 g/mol. The van der Waals surface area contributed by atoms with Crippen molar-refractivity contribution in [3.63, 3.8) is 0 Å². The number of benzene rings is 1. The Hall–Kier alpha value is -1.59. The molecule has 6 heteroatoms. The van der Waals surface area contributed by atoms with Crippen LogP contribution in [0.15, 0.2) is 18.2 Å². The molecule has 0 atom stereocenters. The Morgan fingerprint density at radius 3 is 2.41 bits per heavy atom. The highest BCUT2D eigenvalue weighted by Gasteiger charge is 2.26. The average molecular weight is 250 g/mol. The van der Waals surface area contributed by atoms with Crippen LogP contribution in [-0.2, 0) is 0 Å². The molecule has 0 bridgehead atoms. The van der Waals surface area contributed by atoms with E-state index in [1.165, 1.54) is 25.3 Å². The third kappa shape index (κ3) is 5.33. The van der Waals surface area contributed by atoms with E-state index < -0.39 is 12.6 Å². The van der Waals surface area contributed by atoms with Gasteiger partial charge in [-0.05, 0) is 6.42 Å². The number of hydrogen-bond acceptors (Lipinski definition) is 3. The Labute approximate surface area is 96.8 Å². The molecule has 0 saturated heterocycles. The minimum absolute atomic E-state index is 0.0600. The second-order valence-electron chi connectivity index (χ2n) is 3.43. The topological polar surface area (TPSA) is 38.7 Å². The molecule has 3 nitrogen and oxygen atoms in total. The fraction of sp³-hybridized carbons (Fsp3) is 0.455. The van der Waals surface area contributed by atoms with Gasteiger partial charge in [-0.25, -0.2) is 0 Å². The third-order valence-electron chi connectivity index (χ3n) is 1.97. The third-order valence-corrected chi connectivity index (χ3v) is 1.97. The van der Waals surface area contributed by atoms with Crippen LogP contribution in [0.1, 0.15) is 12.8 Å². The zero-order valence-electron chi connectivity index (χ0n) is 9.25. The molecule has 1 rings (SSSR count). The molecule has 0 aliphatic carbocycles. The van der Waals surface area contributed by atoms with E-state index in [-0.39, 0.29) is 24.5 Å². The van der Waals surface area contributed by atoms with E-state index in [4.69, 9.17) is 9.47 Å². The van der Waals surface area contributed by atoms with Gasteiger partial charge in [0.25, 0.3) is 0 Å². The number of methoxy groups -OCH3 is 1. The largest absolute Gasteiger partial charge is 0.508 e. The van der Waals surface area contributed by atoms with E-state index in [9.17, 15) is 18.3 Å². The van der Waals surface area contributed by atoms with Crippen LogP contribution in [0.2, 0.25) is 0 Å². The zero-order valence-corrected chi connectivity index (χ0v) is 9.25. The molecule has 0 unspecified atom stereocenters. The predicted molar refractivity (Wildman–Crippen MR) is 55.4 cm³/mol. The Bertz CT molecular complexity index is 363. The highest BCUT2D eigenvalue weighted by molar-refractivity contribution is 5.41. The normalized spacial score (nSPS) is 11.3. The zero-order chi connectivity index (χ0) is 12.9. The smallest absolute Gasteiger partial charge is 0.389 e. The summed E-state index contributed by atoms with van der Waals surface area (Å²) in [6.45, 7) is -0.0634. The first kappa shape index (κ1) is 13.5. The van der Waals surface area contributed by atoms with Gasteiger partial charge in [-0.3, -0.25) is 0 Å². The van der Waals surface area contributed by atoms with Crippen molar-refractivity contribution in [1.29, 1.82) is 0 Å². The van der Waals surface area contributed by atoms with Crippen LogP contribution < -0.4 is 9.47 Å².